The number of aromatic nitrogens is 1. The highest BCUT2D eigenvalue weighted by atomic mass is 35.5. The largest absolute Gasteiger partial charge is 0.368 e. The van der Waals surface area contributed by atoms with Crippen molar-refractivity contribution in [1.29, 1.82) is 0 Å². The zero-order valence-electron chi connectivity index (χ0n) is 13.0. The van der Waals surface area contributed by atoms with E-state index in [0.29, 0.717) is 11.1 Å². The van der Waals surface area contributed by atoms with Crippen LogP contribution in [0.2, 0.25) is 5.15 Å². The van der Waals surface area contributed by atoms with E-state index in [1.54, 1.807) is 0 Å². The van der Waals surface area contributed by atoms with Gasteiger partial charge >= 0.3 is 0 Å². The third kappa shape index (κ3) is 7.54. The molecule has 116 valence electrons. The van der Waals surface area contributed by atoms with Crippen molar-refractivity contribution in [2.75, 3.05) is 6.54 Å². The van der Waals surface area contributed by atoms with Crippen LogP contribution in [0.25, 0.3) is 0 Å². The topological polar surface area (TPSA) is 16.1 Å². The smallest absolute Gasteiger partial charge is 0.129 e. The maximum atomic E-state index is 5.96. The van der Waals surface area contributed by atoms with E-state index in [4.69, 9.17) is 23.2 Å². The summed E-state index contributed by atoms with van der Waals surface area (Å²) in [5.41, 5.74) is 2.09. The molecule has 0 aromatic carbocycles. The molecule has 1 unspecified atom stereocenters. The summed E-state index contributed by atoms with van der Waals surface area (Å²) in [7, 11) is 0. The predicted octanol–water partition coefficient (Wildman–Crippen LogP) is 5.28. The number of allylic oxidation sites excluding steroid dienone is 2. The van der Waals surface area contributed by atoms with Gasteiger partial charge in [0.05, 0.1) is 0 Å². The Kier molecular flexibility index (Phi) is 7.84. The molecule has 0 spiro atoms. The Hall–Kier alpha value is -0.990. The van der Waals surface area contributed by atoms with Crippen molar-refractivity contribution < 1.29 is 0 Å². The Morgan fingerprint density at radius 3 is 2.62 bits per heavy atom. The third-order valence-corrected chi connectivity index (χ3v) is 3.47. The molecule has 1 atom stereocenters. The lowest BCUT2D eigenvalue weighted by Crippen LogP contribution is -2.23. The molecule has 0 fully saturated rings. The maximum Gasteiger partial charge on any atom is 0.129 e. The molecule has 0 N–H and O–H groups in total. The first-order valence-electron chi connectivity index (χ1n) is 7.25. The number of hydrogen-bond acceptors (Lipinski definition) is 2. The minimum Gasteiger partial charge on any atom is -0.368 e. The summed E-state index contributed by atoms with van der Waals surface area (Å²) in [6.07, 6.45) is 6.86. The average Bonchev–Trinajstić information content (AvgIpc) is 2.42. The van der Waals surface area contributed by atoms with Crippen molar-refractivity contribution in [3.05, 3.63) is 53.5 Å². The van der Waals surface area contributed by atoms with Crippen LogP contribution in [-0.4, -0.2) is 21.8 Å². The minimum absolute atomic E-state index is 0.00546. The summed E-state index contributed by atoms with van der Waals surface area (Å²) < 4.78 is 0. The summed E-state index contributed by atoms with van der Waals surface area (Å²) in [5.74, 6) is 0.652. The van der Waals surface area contributed by atoms with E-state index in [0.717, 1.165) is 30.8 Å². The van der Waals surface area contributed by atoms with Crippen molar-refractivity contribution in [2.24, 2.45) is 5.92 Å². The van der Waals surface area contributed by atoms with Crippen LogP contribution in [0.3, 0.4) is 0 Å². The summed E-state index contributed by atoms with van der Waals surface area (Å²) >= 11 is 11.8. The molecule has 1 aromatic heterocycles. The minimum atomic E-state index is 0.00546. The van der Waals surface area contributed by atoms with Gasteiger partial charge in [-0.25, -0.2) is 4.98 Å². The van der Waals surface area contributed by atoms with Crippen LogP contribution < -0.4 is 0 Å². The Bertz CT molecular complexity index is 464. The molecule has 0 amide bonds. The van der Waals surface area contributed by atoms with Gasteiger partial charge in [0, 0.05) is 30.4 Å². The maximum absolute atomic E-state index is 5.96. The summed E-state index contributed by atoms with van der Waals surface area (Å²) in [6.45, 7) is 12.3. The first kappa shape index (κ1) is 18.1. The molecule has 1 rings (SSSR count). The molecule has 0 aliphatic heterocycles. The van der Waals surface area contributed by atoms with Gasteiger partial charge in [-0.1, -0.05) is 44.2 Å². The number of rotatable bonds is 8. The molecule has 0 saturated heterocycles. The van der Waals surface area contributed by atoms with Gasteiger partial charge < -0.3 is 4.90 Å². The quantitative estimate of drug-likeness (QED) is 0.367. The molecule has 1 aromatic rings. The lowest BCUT2D eigenvalue weighted by molar-refractivity contribution is 0.321. The van der Waals surface area contributed by atoms with Crippen LogP contribution in [0.5, 0.6) is 0 Å². The number of halogens is 2. The van der Waals surface area contributed by atoms with Crippen molar-refractivity contribution in [1.82, 2.24) is 9.88 Å². The standard InChI is InChI=1S/C17H24Cl2N2/c1-13(2)9-10-21(15(4)6-5-14(3)18)12-16-7-8-17(19)20-11-16/h5-8,11,13-14H,4,9-10,12H2,1-3H3/b6-5+. The Morgan fingerprint density at radius 1 is 1.38 bits per heavy atom. The lowest BCUT2D eigenvalue weighted by Gasteiger charge is -2.26. The van der Waals surface area contributed by atoms with E-state index in [1.807, 2.05) is 37.4 Å². The van der Waals surface area contributed by atoms with Crippen LogP contribution >= 0.6 is 23.2 Å². The molecule has 0 aliphatic rings. The third-order valence-electron chi connectivity index (χ3n) is 3.10. The molecule has 0 bridgehead atoms. The molecule has 1 heterocycles. The van der Waals surface area contributed by atoms with Crippen LogP contribution in [0.4, 0.5) is 0 Å². The van der Waals surface area contributed by atoms with Gasteiger partial charge in [-0.15, -0.1) is 11.6 Å². The molecular formula is C17H24Cl2N2. The Labute approximate surface area is 138 Å². The predicted molar refractivity (Wildman–Crippen MR) is 92.7 cm³/mol. The number of alkyl halides is 1. The first-order valence-corrected chi connectivity index (χ1v) is 8.06. The molecule has 0 radical (unpaired) electrons. The summed E-state index contributed by atoms with van der Waals surface area (Å²) in [6, 6.07) is 3.82. The van der Waals surface area contributed by atoms with Crippen LogP contribution in [0.15, 0.2) is 42.8 Å². The van der Waals surface area contributed by atoms with Crippen molar-refractivity contribution in [2.45, 2.75) is 39.1 Å². The first-order chi connectivity index (χ1) is 9.88. The van der Waals surface area contributed by atoms with E-state index >= 15 is 0 Å². The van der Waals surface area contributed by atoms with E-state index in [9.17, 15) is 0 Å². The van der Waals surface area contributed by atoms with Crippen LogP contribution in [-0.2, 0) is 6.54 Å². The molecule has 4 heteroatoms. The number of nitrogens with zero attached hydrogens (tertiary/aromatic N) is 2. The fraction of sp³-hybridized carbons (Fsp3) is 0.471. The van der Waals surface area contributed by atoms with E-state index in [1.165, 1.54) is 0 Å². The highest BCUT2D eigenvalue weighted by molar-refractivity contribution is 6.29. The highest BCUT2D eigenvalue weighted by Crippen LogP contribution is 2.15. The van der Waals surface area contributed by atoms with Gasteiger partial charge in [0.25, 0.3) is 0 Å². The van der Waals surface area contributed by atoms with Crippen LogP contribution in [0, 0.1) is 5.92 Å². The second-order valence-electron chi connectivity index (χ2n) is 5.62. The second kappa shape index (κ2) is 9.11. The fourth-order valence-electron chi connectivity index (χ4n) is 1.81. The van der Waals surface area contributed by atoms with Gasteiger partial charge in [-0.2, -0.15) is 0 Å². The van der Waals surface area contributed by atoms with Gasteiger partial charge in [0.2, 0.25) is 0 Å². The van der Waals surface area contributed by atoms with Gasteiger partial charge in [0.1, 0.15) is 5.15 Å². The normalized spacial score (nSPS) is 12.9. The van der Waals surface area contributed by atoms with Crippen molar-refractivity contribution >= 4 is 23.2 Å². The van der Waals surface area contributed by atoms with Gasteiger partial charge in [-0.05, 0) is 37.0 Å². The molecular weight excluding hydrogens is 303 g/mol. The Balaban J connectivity index is 2.75. The van der Waals surface area contributed by atoms with Gasteiger partial charge in [0.15, 0.2) is 0 Å². The Morgan fingerprint density at radius 2 is 2.10 bits per heavy atom. The average molecular weight is 327 g/mol. The number of hydrogen-bond donors (Lipinski definition) is 0. The van der Waals surface area contributed by atoms with E-state index < -0.39 is 0 Å². The molecule has 21 heavy (non-hydrogen) atoms. The SMILES string of the molecule is C=C(/C=C/C(C)Cl)N(CCC(C)C)Cc1ccc(Cl)nc1. The number of pyridine rings is 1. The summed E-state index contributed by atoms with van der Waals surface area (Å²) in [5, 5.41) is 0.521. The highest BCUT2D eigenvalue weighted by Gasteiger charge is 2.08. The van der Waals surface area contributed by atoms with Crippen molar-refractivity contribution in [3.63, 3.8) is 0 Å². The zero-order chi connectivity index (χ0) is 15.8. The second-order valence-corrected chi connectivity index (χ2v) is 6.70. The van der Waals surface area contributed by atoms with E-state index in [2.05, 4.69) is 30.3 Å². The monoisotopic (exact) mass is 326 g/mol. The van der Waals surface area contributed by atoms with Gasteiger partial charge in [-0.3, -0.25) is 0 Å². The zero-order valence-corrected chi connectivity index (χ0v) is 14.5. The molecule has 2 nitrogen and oxygen atoms in total. The van der Waals surface area contributed by atoms with Crippen LogP contribution in [0.1, 0.15) is 32.8 Å². The fourth-order valence-corrected chi connectivity index (χ4v) is 1.99. The van der Waals surface area contributed by atoms with Crippen molar-refractivity contribution in [3.8, 4) is 0 Å². The lowest BCUT2D eigenvalue weighted by atomic mass is 10.1. The van der Waals surface area contributed by atoms with E-state index in [-0.39, 0.29) is 5.38 Å². The molecule has 0 saturated carbocycles. The summed E-state index contributed by atoms with van der Waals surface area (Å²) in [4.78, 5) is 6.38. The molecule has 0 aliphatic carbocycles.